The van der Waals surface area contributed by atoms with Crippen LogP contribution < -0.4 is 5.73 Å². The largest absolute Gasteiger partial charge is 0.383 e. The second-order valence-electron chi connectivity index (χ2n) is 5.07. The molecular weight excluding hydrogens is 344 g/mol. The van der Waals surface area contributed by atoms with Gasteiger partial charge < -0.3 is 5.73 Å². The van der Waals surface area contributed by atoms with Gasteiger partial charge >= 0.3 is 0 Å². The average molecular weight is 363 g/mol. The highest BCUT2D eigenvalue weighted by molar-refractivity contribution is 9.10. The molecule has 2 heterocycles. The topological polar surface area (TPSA) is 79.5 Å². The van der Waals surface area contributed by atoms with Gasteiger partial charge in [0.15, 0.2) is 0 Å². The molecule has 2 rings (SSSR count). The molecular formula is C12H19BrN4O2S. The molecule has 1 saturated heterocycles. The van der Waals surface area contributed by atoms with Crippen molar-refractivity contribution < 1.29 is 8.42 Å². The minimum Gasteiger partial charge on any atom is -0.383 e. The summed E-state index contributed by atoms with van der Waals surface area (Å²) < 4.78 is 27.3. The number of sulfonamides is 1. The van der Waals surface area contributed by atoms with Crippen molar-refractivity contribution in [2.24, 2.45) is 0 Å². The number of aromatic nitrogens is 1. The van der Waals surface area contributed by atoms with Crippen LogP contribution in [0.3, 0.4) is 0 Å². The first kappa shape index (κ1) is 15.7. The fraction of sp³-hybridized carbons (Fsp3) is 0.583. The molecule has 0 aromatic carbocycles. The van der Waals surface area contributed by atoms with Gasteiger partial charge in [-0.1, -0.05) is 0 Å². The molecule has 0 atom stereocenters. The monoisotopic (exact) mass is 362 g/mol. The highest BCUT2D eigenvalue weighted by Crippen LogP contribution is 2.25. The molecule has 1 aliphatic heterocycles. The van der Waals surface area contributed by atoms with Gasteiger partial charge in [-0.25, -0.2) is 13.4 Å². The summed E-state index contributed by atoms with van der Waals surface area (Å²) >= 11 is 3.23. The third-order valence-electron chi connectivity index (χ3n) is 3.47. The van der Waals surface area contributed by atoms with Crippen molar-refractivity contribution in [1.29, 1.82) is 0 Å². The summed E-state index contributed by atoms with van der Waals surface area (Å²) in [5.41, 5.74) is 5.71. The lowest BCUT2D eigenvalue weighted by Gasteiger charge is -2.36. The predicted molar refractivity (Wildman–Crippen MR) is 81.8 cm³/mol. The number of halogens is 1. The summed E-state index contributed by atoms with van der Waals surface area (Å²) in [7, 11) is -3.58. The molecule has 0 amide bonds. The number of rotatable bonds is 3. The Hall–Kier alpha value is -0.700. The highest BCUT2D eigenvalue weighted by Gasteiger charge is 2.31. The highest BCUT2D eigenvalue weighted by atomic mass is 79.9. The molecule has 8 heteroatoms. The molecule has 1 fully saturated rings. The van der Waals surface area contributed by atoms with E-state index in [4.69, 9.17) is 5.73 Å². The van der Waals surface area contributed by atoms with E-state index in [1.165, 1.54) is 16.6 Å². The van der Waals surface area contributed by atoms with Gasteiger partial charge in [0.25, 0.3) is 0 Å². The Balaban J connectivity index is 2.22. The van der Waals surface area contributed by atoms with Crippen LogP contribution in [0.2, 0.25) is 0 Å². The molecule has 0 aliphatic carbocycles. The van der Waals surface area contributed by atoms with Crippen molar-refractivity contribution >= 4 is 31.8 Å². The molecule has 112 valence electrons. The van der Waals surface area contributed by atoms with E-state index >= 15 is 0 Å². The summed E-state index contributed by atoms with van der Waals surface area (Å²) in [6.45, 7) is 6.65. The first-order chi connectivity index (χ1) is 9.32. The van der Waals surface area contributed by atoms with Crippen LogP contribution in [0.15, 0.2) is 21.6 Å². The number of anilines is 1. The van der Waals surface area contributed by atoms with Crippen LogP contribution in [-0.2, 0) is 10.0 Å². The number of hydrogen-bond acceptors (Lipinski definition) is 5. The van der Waals surface area contributed by atoms with E-state index < -0.39 is 10.0 Å². The van der Waals surface area contributed by atoms with Gasteiger partial charge in [-0.2, -0.15) is 4.31 Å². The average Bonchev–Trinajstić information content (AvgIpc) is 2.41. The van der Waals surface area contributed by atoms with E-state index in [0.717, 1.165) is 13.1 Å². The number of hydrogen-bond donors (Lipinski definition) is 1. The Morgan fingerprint density at radius 3 is 2.45 bits per heavy atom. The van der Waals surface area contributed by atoms with Crippen molar-refractivity contribution in [1.82, 2.24) is 14.2 Å². The van der Waals surface area contributed by atoms with E-state index in [9.17, 15) is 8.42 Å². The Kier molecular flexibility index (Phi) is 4.68. The van der Waals surface area contributed by atoms with E-state index in [1.54, 1.807) is 0 Å². The Labute approximate surface area is 128 Å². The SMILES string of the molecule is CC(C)N1CCN(S(=O)(=O)c2cc(Br)cnc2N)CC1. The van der Waals surface area contributed by atoms with Gasteiger partial charge in [0.05, 0.1) is 0 Å². The first-order valence-corrected chi connectivity index (χ1v) is 8.71. The number of piperazine rings is 1. The predicted octanol–water partition coefficient (Wildman–Crippen LogP) is 1.14. The summed E-state index contributed by atoms with van der Waals surface area (Å²) in [6, 6.07) is 1.93. The summed E-state index contributed by atoms with van der Waals surface area (Å²) in [4.78, 5) is 6.23. The molecule has 0 spiro atoms. The third-order valence-corrected chi connectivity index (χ3v) is 5.83. The Bertz CT molecular complexity index is 583. The van der Waals surface area contributed by atoms with Gasteiger partial charge in [0.2, 0.25) is 10.0 Å². The Morgan fingerprint density at radius 1 is 1.30 bits per heavy atom. The summed E-state index contributed by atoms with van der Waals surface area (Å²) in [5.74, 6) is 0.0412. The van der Waals surface area contributed by atoms with Crippen LogP contribution in [0, 0.1) is 0 Å². The van der Waals surface area contributed by atoms with Crippen LogP contribution >= 0.6 is 15.9 Å². The smallest absolute Gasteiger partial charge is 0.246 e. The van der Waals surface area contributed by atoms with E-state index in [0.29, 0.717) is 23.6 Å². The lowest BCUT2D eigenvalue weighted by atomic mass is 10.3. The quantitative estimate of drug-likeness (QED) is 0.871. The lowest BCUT2D eigenvalue weighted by Crippen LogP contribution is -2.50. The van der Waals surface area contributed by atoms with Gasteiger partial charge in [-0.3, -0.25) is 4.90 Å². The van der Waals surface area contributed by atoms with E-state index in [2.05, 4.69) is 39.7 Å². The summed E-state index contributed by atoms with van der Waals surface area (Å²) in [5, 5.41) is 0. The fourth-order valence-electron chi connectivity index (χ4n) is 2.24. The van der Waals surface area contributed by atoms with Gasteiger partial charge in [-0.15, -0.1) is 0 Å². The van der Waals surface area contributed by atoms with Crippen LogP contribution in [0.5, 0.6) is 0 Å². The van der Waals surface area contributed by atoms with E-state index in [-0.39, 0.29) is 10.7 Å². The third kappa shape index (κ3) is 3.13. The van der Waals surface area contributed by atoms with Crippen molar-refractivity contribution in [3.05, 3.63) is 16.7 Å². The zero-order chi connectivity index (χ0) is 14.9. The van der Waals surface area contributed by atoms with Crippen molar-refractivity contribution in [2.75, 3.05) is 31.9 Å². The standard InChI is InChI=1S/C12H19BrN4O2S/c1-9(2)16-3-5-17(6-4-16)20(18,19)11-7-10(13)8-15-12(11)14/h7-9H,3-6H2,1-2H3,(H2,14,15). The molecule has 0 unspecified atom stereocenters. The number of pyridine rings is 1. The molecule has 0 saturated carbocycles. The number of nitrogens with zero attached hydrogens (tertiary/aromatic N) is 3. The first-order valence-electron chi connectivity index (χ1n) is 6.47. The molecule has 2 N–H and O–H groups in total. The molecule has 1 aromatic heterocycles. The molecule has 6 nitrogen and oxygen atoms in total. The van der Waals surface area contributed by atoms with Crippen LogP contribution in [0.1, 0.15) is 13.8 Å². The second-order valence-corrected chi connectivity index (χ2v) is 7.89. The van der Waals surface area contributed by atoms with E-state index in [1.807, 2.05) is 0 Å². The Morgan fingerprint density at radius 2 is 1.90 bits per heavy atom. The van der Waals surface area contributed by atoms with Crippen LogP contribution in [0.4, 0.5) is 5.82 Å². The minimum absolute atomic E-state index is 0.0412. The van der Waals surface area contributed by atoms with Gasteiger partial charge in [0, 0.05) is 42.9 Å². The summed E-state index contributed by atoms with van der Waals surface area (Å²) in [6.07, 6.45) is 1.49. The maximum Gasteiger partial charge on any atom is 0.246 e. The normalized spacial score (nSPS) is 18.6. The van der Waals surface area contributed by atoms with Crippen molar-refractivity contribution in [2.45, 2.75) is 24.8 Å². The van der Waals surface area contributed by atoms with Gasteiger partial charge in [-0.05, 0) is 35.8 Å². The van der Waals surface area contributed by atoms with Crippen LogP contribution in [0.25, 0.3) is 0 Å². The zero-order valence-corrected chi connectivity index (χ0v) is 14.0. The molecule has 0 bridgehead atoms. The van der Waals surface area contributed by atoms with Crippen molar-refractivity contribution in [3.8, 4) is 0 Å². The fourth-order valence-corrected chi connectivity index (χ4v) is 4.24. The molecule has 1 aliphatic rings. The molecule has 0 radical (unpaired) electrons. The van der Waals surface area contributed by atoms with Crippen LogP contribution in [-0.4, -0.2) is 54.8 Å². The van der Waals surface area contributed by atoms with Crippen molar-refractivity contribution in [3.63, 3.8) is 0 Å². The zero-order valence-electron chi connectivity index (χ0n) is 11.6. The lowest BCUT2D eigenvalue weighted by molar-refractivity contribution is 0.154. The maximum atomic E-state index is 12.6. The number of nitrogen functional groups attached to an aromatic ring is 1. The molecule has 20 heavy (non-hydrogen) atoms. The second kappa shape index (κ2) is 5.97. The molecule has 1 aromatic rings. The number of nitrogens with two attached hydrogens (primary N) is 1. The minimum atomic E-state index is -3.58. The maximum absolute atomic E-state index is 12.6. The van der Waals surface area contributed by atoms with Gasteiger partial charge in [0.1, 0.15) is 10.7 Å².